The first-order chi connectivity index (χ1) is 10.8. The van der Waals surface area contributed by atoms with Gasteiger partial charge in [0.15, 0.2) is 0 Å². The van der Waals surface area contributed by atoms with Crippen molar-refractivity contribution in [2.75, 3.05) is 4.81 Å². The highest BCUT2D eigenvalue weighted by Gasteiger charge is 2.45. The molecule has 0 aliphatic carbocycles. The molecule has 3 nitrogen and oxygen atoms in total. The van der Waals surface area contributed by atoms with Crippen molar-refractivity contribution in [3.8, 4) is 17.0 Å². The number of aryl methyl sites for hydroxylation is 1. The average molecular weight is 284 g/mol. The first-order valence-electron chi connectivity index (χ1n) is 7.44. The molecule has 3 aromatic rings. The summed E-state index contributed by atoms with van der Waals surface area (Å²) < 4.78 is 6.23. The fourth-order valence-electron chi connectivity index (χ4n) is 3.39. The Kier molecular flexibility index (Phi) is 2.23. The minimum absolute atomic E-state index is 0.107. The maximum Gasteiger partial charge on any atom is 0.525 e. The van der Waals surface area contributed by atoms with Crippen molar-refractivity contribution < 1.29 is 4.65 Å². The molecule has 0 atom stereocenters. The van der Waals surface area contributed by atoms with E-state index in [1.807, 2.05) is 24.4 Å². The van der Waals surface area contributed by atoms with E-state index in [1.165, 1.54) is 5.46 Å². The molecule has 104 valence electrons. The predicted molar refractivity (Wildman–Crippen MR) is 89.0 cm³/mol. The van der Waals surface area contributed by atoms with E-state index in [4.69, 9.17) is 9.64 Å². The Morgan fingerprint density at radius 2 is 1.82 bits per heavy atom. The van der Waals surface area contributed by atoms with Gasteiger partial charge in [-0.05, 0) is 36.1 Å². The van der Waals surface area contributed by atoms with Crippen LogP contribution in [-0.4, -0.2) is 12.0 Å². The number of hydrogen-bond donors (Lipinski definition) is 0. The molecule has 0 unspecified atom stereocenters. The normalized spacial score (nSPS) is 13.9. The quantitative estimate of drug-likeness (QED) is 0.592. The summed E-state index contributed by atoms with van der Waals surface area (Å²) in [5, 5.41) is 0. The number of anilines is 2. The average Bonchev–Trinajstić information content (AvgIpc) is 2.95. The fourth-order valence-corrected chi connectivity index (χ4v) is 3.39. The van der Waals surface area contributed by atoms with Crippen LogP contribution in [0.15, 0.2) is 60.8 Å². The summed E-state index contributed by atoms with van der Waals surface area (Å²) in [6, 6.07) is 18.8. The number of fused-ring (bicyclic) bond motifs is 8. The van der Waals surface area contributed by atoms with Gasteiger partial charge in [-0.25, -0.2) is 0 Å². The Hall–Kier alpha value is -2.75. The first kappa shape index (κ1) is 11.9. The third-order valence-corrected chi connectivity index (χ3v) is 4.34. The number of para-hydroxylation sites is 2. The lowest BCUT2D eigenvalue weighted by molar-refractivity contribution is 0.603. The summed E-state index contributed by atoms with van der Waals surface area (Å²) in [6.45, 7) is 2.08. The van der Waals surface area contributed by atoms with Gasteiger partial charge in [0.05, 0.1) is 17.1 Å². The van der Waals surface area contributed by atoms with Gasteiger partial charge in [0, 0.05) is 11.8 Å². The van der Waals surface area contributed by atoms with Gasteiger partial charge in [0.2, 0.25) is 0 Å². The molecular weight excluding hydrogens is 271 g/mol. The zero-order valence-electron chi connectivity index (χ0n) is 12.2. The molecule has 0 bridgehead atoms. The van der Waals surface area contributed by atoms with Crippen LogP contribution in [-0.2, 0) is 0 Å². The van der Waals surface area contributed by atoms with E-state index < -0.39 is 0 Å². The molecule has 5 rings (SSSR count). The van der Waals surface area contributed by atoms with Crippen molar-refractivity contribution in [2.45, 2.75) is 6.92 Å². The molecule has 2 aliphatic heterocycles. The molecule has 2 aliphatic rings. The van der Waals surface area contributed by atoms with E-state index in [2.05, 4.69) is 48.1 Å². The van der Waals surface area contributed by atoms with E-state index in [0.717, 1.165) is 33.9 Å². The zero-order chi connectivity index (χ0) is 14.7. The highest BCUT2D eigenvalue weighted by atomic mass is 16.5. The second-order valence-electron chi connectivity index (χ2n) is 5.78. The van der Waals surface area contributed by atoms with Crippen molar-refractivity contribution in [1.29, 1.82) is 0 Å². The second-order valence-corrected chi connectivity index (χ2v) is 5.78. The summed E-state index contributed by atoms with van der Waals surface area (Å²) in [5.41, 5.74) is 6.73. The summed E-state index contributed by atoms with van der Waals surface area (Å²) in [7, 11) is -0.107. The number of pyridine rings is 1. The Bertz CT molecular complexity index is 909. The monoisotopic (exact) mass is 284 g/mol. The summed E-state index contributed by atoms with van der Waals surface area (Å²) in [6.07, 6.45) is 1.93. The number of hydrogen-bond acceptors (Lipinski definition) is 3. The van der Waals surface area contributed by atoms with Gasteiger partial charge < -0.3 is 9.47 Å². The molecule has 0 radical (unpaired) electrons. The van der Waals surface area contributed by atoms with Crippen LogP contribution in [0, 0.1) is 6.92 Å². The van der Waals surface area contributed by atoms with E-state index in [0.29, 0.717) is 0 Å². The van der Waals surface area contributed by atoms with Gasteiger partial charge in [-0.2, -0.15) is 0 Å². The second kappa shape index (κ2) is 4.13. The van der Waals surface area contributed by atoms with Crippen LogP contribution in [0.5, 0.6) is 5.75 Å². The third kappa shape index (κ3) is 1.44. The van der Waals surface area contributed by atoms with Gasteiger partial charge in [-0.1, -0.05) is 36.4 Å². The molecule has 0 saturated heterocycles. The first-order valence-corrected chi connectivity index (χ1v) is 7.44. The predicted octanol–water partition coefficient (Wildman–Crippen LogP) is 3.30. The smallest absolute Gasteiger partial charge is 0.525 e. The number of benzene rings is 2. The molecule has 3 heterocycles. The molecule has 4 heteroatoms. The van der Waals surface area contributed by atoms with E-state index in [1.54, 1.807) is 0 Å². The van der Waals surface area contributed by atoms with E-state index in [-0.39, 0.29) is 7.05 Å². The van der Waals surface area contributed by atoms with Gasteiger partial charge >= 0.3 is 7.05 Å². The topological polar surface area (TPSA) is 25.4 Å². The van der Waals surface area contributed by atoms with Crippen molar-refractivity contribution in [1.82, 2.24) is 4.98 Å². The van der Waals surface area contributed by atoms with Crippen molar-refractivity contribution in [2.24, 2.45) is 0 Å². The number of rotatable bonds is 0. The van der Waals surface area contributed by atoms with Crippen LogP contribution in [0.25, 0.3) is 11.3 Å². The standard InChI is InChI=1S/C18H13BN2O/c1-12-10-16-18(20-11-12)13-6-2-3-7-14(13)19-21(16)15-8-4-5-9-17(15)22-19/h2-11H,1H3. The van der Waals surface area contributed by atoms with Gasteiger partial charge in [-0.15, -0.1) is 0 Å². The van der Waals surface area contributed by atoms with Crippen molar-refractivity contribution in [3.63, 3.8) is 0 Å². The Morgan fingerprint density at radius 3 is 2.77 bits per heavy atom. The van der Waals surface area contributed by atoms with Gasteiger partial charge in [0.1, 0.15) is 5.75 Å². The fraction of sp³-hybridized carbons (Fsp3) is 0.0556. The molecule has 0 fully saturated rings. The Labute approximate surface area is 129 Å². The summed E-state index contributed by atoms with van der Waals surface area (Å²) in [5.74, 6) is 0.927. The lowest BCUT2D eigenvalue weighted by Gasteiger charge is -2.30. The van der Waals surface area contributed by atoms with Gasteiger partial charge in [-0.3, -0.25) is 4.98 Å². The molecule has 0 N–H and O–H groups in total. The number of nitrogens with zero attached hydrogens (tertiary/aromatic N) is 2. The van der Waals surface area contributed by atoms with Crippen LogP contribution < -0.4 is 14.9 Å². The van der Waals surface area contributed by atoms with Crippen LogP contribution in [0.1, 0.15) is 5.56 Å². The third-order valence-electron chi connectivity index (χ3n) is 4.34. The van der Waals surface area contributed by atoms with Crippen LogP contribution in [0.2, 0.25) is 0 Å². The highest BCUT2D eigenvalue weighted by Crippen LogP contribution is 2.46. The van der Waals surface area contributed by atoms with E-state index in [9.17, 15) is 0 Å². The lowest BCUT2D eigenvalue weighted by atomic mass is 9.65. The van der Waals surface area contributed by atoms with Crippen molar-refractivity contribution >= 4 is 23.9 Å². The largest absolute Gasteiger partial charge is 0.536 e. The molecule has 2 aromatic carbocycles. The lowest BCUT2D eigenvalue weighted by Crippen LogP contribution is -2.50. The number of aromatic nitrogens is 1. The van der Waals surface area contributed by atoms with Crippen LogP contribution in [0.4, 0.5) is 11.4 Å². The van der Waals surface area contributed by atoms with Crippen LogP contribution >= 0.6 is 0 Å². The summed E-state index contributed by atoms with van der Waals surface area (Å²) in [4.78, 5) is 6.95. The van der Waals surface area contributed by atoms with Gasteiger partial charge in [0.25, 0.3) is 0 Å². The molecule has 0 saturated carbocycles. The minimum Gasteiger partial charge on any atom is -0.536 e. The molecule has 1 aromatic heterocycles. The minimum atomic E-state index is -0.107. The maximum absolute atomic E-state index is 6.23. The van der Waals surface area contributed by atoms with Crippen LogP contribution in [0.3, 0.4) is 0 Å². The zero-order valence-corrected chi connectivity index (χ0v) is 12.2. The maximum atomic E-state index is 6.23. The van der Waals surface area contributed by atoms with E-state index >= 15 is 0 Å². The van der Waals surface area contributed by atoms with Crippen molar-refractivity contribution in [3.05, 3.63) is 66.4 Å². The molecular formula is C18H13BN2O. The molecule has 0 amide bonds. The highest BCUT2D eigenvalue weighted by molar-refractivity contribution is 6.77. The molecule has 0 spiro atoms. The summed E-state index contributed by atoms with van der Waals surface area (Å²) >= 11 is 0. The Balaban J connectivity index is 1.86. The Morgan fingerprint density at radius 1 is 1.00 bits per heavy atom. The SMILES string of the molecule is Cc1cnc2c(c1)N1B(Oc3ccccc31)c1ccccc1-2. The molecule has 22 heavy (non-hydrogen) atoms.